The molecule has 0 bridgehead atoms. The van der Waals surface area contributed by atoms with Gasteiger partial charge >= 0.3 is 12.3 Å². The standard InChI is InChI=1S/C17H22F3NO3/c1-11-9-12(17(18,19)20)5-6-14(11)23-13-7-8-21(10-13)15(22)24-16(2,3)4/h5-6,9,13H,7-8,10H2,1-4H3/t13-/m0/s1. The summed E-state index contributed by atoms with van der Waals surface area (Å²) in [6, 6.07) is 3.40. The van der Waals surface area contributed by atoms with Crippen LogP contribution in [0.3, 0.4) is 0 Å². The Kier molecular flexibility index (Phi) is 5.01. The van der Waals surface area contributed by atoms with E-state index in [0.29, 0.717) is 30.8 Å². The largest absolute Gasteiger partial charge is 0.488 e. The molecule has 2 rings (SSSR count). The molecule has 1 amide bonds. The lowest BCUT2D eigenvalue weighted by Crippen LogP contribution is -2.36. The fourth-order valence-electron chi connectivity index (χ4n) is 2.45. The van der Waals surface area contributed by atoms with Crippen LogP contribution in [0.4, 0.5) is 18.0 Å². The number of halogens is 3. The van der Waals surface area contributed by atoms with Gasteiger partial charge in [0.2, 0.25) is 0 Å². The van der Waals surface area contributed by atoms with Crippen LogP contribution in [-0.4, -0.2) is 35.8 Å². The smallest absolute Gasteiger partial charge is 0.416 e. The van der Waals surface area contributed by atoms with Crippen molar-refractivity contribution in [1.82, 2.24) is 4.90 Å². The molecule has 0 N–H and O–H groups in total. The van der Waals surface area contributed by atoms with Crippen LogP contribution in [-0.2, 0) is 10.9 Å². The van der Waals surface area contributed by atoms with Crippen LogP contribution in [0.1, 0.15) is 38.3 Å². The molecule has 1 fully saturated rings. The quantitative estimate of drug-likeness (QED) is 0.797. The third-order valence-electron chi connectivity index (χ3n) is 3.59. The Hall–Kier alpha value is -1.92. The van der Waals surface area contributed by atoms with Gasteiger partial charge in [-0.2, -0.15) is 13.2 Å². The first-order valence-corrected chi connectivity index (χ1v) is 7.78. The SMILES string of the molecule is Cc1cc(C(F)(F)F)ccc1O[C@H]1CCN(C(=O)OC(C)(C)C)C1. The molecule has 7 heteroatoms. The second-order valence-corrected chi connectivity index (χ2v) is 6.93. The number of likely N-dealkylation sites (tertiary alicyclic amines) is 1. The van der Waals surface area contributed by atoms with Crippen molar-refractivity contribution >= 4 is 6.09 Å². The van der Waals surface area contributed by atoms with Gasteiger partial charge in [-0.15, -0.1) is 0 Å². The molecule has 134 valence electrons. The number of ether oxygens (including phenoxy) is 2. The van der Waals surface area contributed by atoms with Crippen LogP contribution >= 0.6 is 0 Å². The zero-order valence-electron chi connectivity index (χ0n) is 14.2. The molecule has 24 heavy (non-hydrogen) atoms. The Bertz CT molecular complexity index is 608. The lowest BCUT2D eigenvalue weighted by Gasteiger charge is -2.24. The van der Waals surface area contributed by atoms with E-state index in [1.165, 1.54) is 6.07 Å². The molecule has 1 atom stereocenters. The number of carbonyl (C=O) groups excluding carboxylic acids is 1. The van der Waals surface area contributed by atoms with Crippen molar-refractivity contribution in [1.29, 1.82) is 0 Å². The molecule has 0 saturated carbocycles. The van der Waals surface area contributed by atoms with Gasteiger partial charge in [0.25, 0.3) is 0 Å². The molecule has 1 aromatic rings. The van der Waals surface area contributed by atoms with Crippen molar-refractivity contribution in [2.75, 3.05) is 13.1 Å². The van der Waals surface area contributed by atoms with Crippen molar-refractivity contribution in [3.8, 4) is 5.75 Å². The zero-order chi connectivity index (χ0) is 18.1. The van der Waals surface area contributed by atoms with Gasteiger partial charge in [0.15, 0.2) is 0 Å². The summed E-state index contributed by atoms with van der Waals surface area (Å²) >= 11 is 0. The number of carbonyl (C=O) groups is 1. The number of rotatable bonds is 2. The maximum Gasteiger partial charge on any atom is 0.416 e. The maximum absolute atomic E-state index is 12.7. The predicted octanol–water partition coefficient (Wildman–Crippen LogP) is 4.40. The molecule has 0 unspecified atom stereocenters. The number of amides is 1. The summed E-state index contributed by atoms with van der Waals surface area (Å²) in [5.74, 6) is 0.402. The van der Waals surface area contributed by atoms with E-state index < -0.39 is 23.4 Å². The highest BCUT2D eigenvalue weighted by Gasteiger charge is 2.33. The molecule has 1 aliphatic rings. The van der Waals surface area contributed by atoms with E-state index in [0.717, 1.165) is 12.1 Å². The molecule has 1 aliphatic heterocycles. The van der Waals surface area contributed by atoms with Gasteiger partial charge in [-0.05, 0) is 51.5 Å². The third kappa shape index (κ3) is 4.79. The molecule has 0 radical (unpaired) electrons. The Morgan fingerprint density at radius 1 is 1.25 bits per heavy atom. The van der Waals surface area contributed by atoms with Crippen LogP contribution < -0.4 is 4.74 Å². The number of hydrogen-bond donors (Lipinski definition) is 0. The van der Waals surface area contributed by atoms with Crippen molar-refractivity contribution in [2.24, 2.45) is 0 Å². The molecule has 1 saturated heterocycles. The van der Waals surface area contributed by atoms with Crippen molar-refractivity contribution < 1.29 is 27.4 Å². The van der Waals surface area contributed by atoms with Crippen molar-refractivity contribution in [3.63, 3.8) is 0 Å². The number of aryl methyl sites for hydroxylation is 1. The van der Waals surface area contributed by atoms with E-state index in [4.69, 9.17) is 9.47 Å². The fourth-order valence-corrected chi connectivity index (χ4v) is 2.45. The highest BCUT2D eigenvalue weighted by atomic mass is 19.4. The van der Waals surface area contributed by atoms with Gasteiger partial charge in [-0.25, -0.2) is 4.79 Å². The number of alkyl halides is 3. The number of benzene rings is 1. The van der Waals surface area contributed by atoms with Gasteiger partial charge in [0.1, 0.15) is 17.5 Å². The van der Waals surface area contributed by atoms with E-state index in [-0.39, 0.29) is 6.10 Å². The maximum atomic E-state index is 12.7. The lowest BCUT2D eigenvalue weighted by atomic mass is 10.1. The molecule has 0 aliphatic carbocycles. The van der Waals surface area contributed by atoms with Crippen LogP contribution in [0.25, 0.3) is 0 Å². The first-order valence-electron chi connectivity index (χ1n) is 7.78. The average molecular weight is 345 g/mol. The normalized spacial score (nSPS) is 18.6. The highest BCUT2D eigenvalue weighted by Crippen LogP contribution is 2.33. The first-order chi connectivity index (χ1) is 11.0. The Labute approximate surface area is 139 Å². The van der Waals surface area contributed by atoms with Gasteiger partial charge in [0, 0.05) is 13.0 Å². The predicted molar refractivity (Wildman–Crippen MR) is 83.0 cm³/mol. The summed E-state index contributed by atoms with van der Waals surface area (Å²) in [5.41, 5.74) is -0.852. The second-order valence-electron chi connectivity index (χ2n) is 6.93. The summed E-state index contributed by atoms with van der Waals surface area (Å²) in [7, 11) is 0. The monoisotopic (exact) mass is 345 g/mol. The third-order valence-corrected chi connectivity index (χ3v) is 3.59. The second kappa shape index (κ2) is 6.53. The topological polar surface area (TPSA) is 38.8 Å². The van der Waals surface area contributed by atoms with E-state index in [1.54, 1.807) is 32.6 Å². The molecule has 0 aromatic heterocycles. The Balaban J connectivity index is 1.97. The van der Waals surface area contributed by atoms with Gasteiger partial charge in [-0.3, -0.25) is 0 Å². The Morgan fingerprint density at radius 2 is 1.92 bits per heavy atom. The van der Waals surface area contributed by atoms with Crippen LogP contribution in [0.2, 0.25) is 0 Å². The molecule has 1 heterocycles. The summed E-state index contributed by atoms with van der Waals surface area (Å²) < 4.78 is 49.1. The van der Waals surface area contributed by atoms with Gasteiger partial charge in [-0.1, -0.05) is 0 Å². The zero-order valence-corrected chi connectivity index (χ0v) is 14.2. The van der Waals surface area contributed by atoms with Crippen molar-refractivity contribution in [2.45, 2.75) is 52.0 Å². The van der Waals surface area contributed by atoms with E-state index in [1.807, 2.05) is 0 Å². The van der Waals surface area contributed by atoms with Gasteiger partial charge < -0.3 is 14.4 Å². The molecule has 0 spiro atoms. The minimum absolute atomic E-state index is 0.257. The van der Waals surface area contributed by atoms with Crippen LogP contribution in [0.15, 0.2) is 18.2 Å². The molecular formula is C17H22F3NO3. The summed E-state index contributed by atoms with van der Waals surface area (Å²) in [5, 5.41) is 0. The van der Waals surface area contributed by atoms with Gasteiger partial charge in [0.05, 0.1) is 12.1 Å². The average Bonchev–Trinajstić information content (AvgIpc) is 2.86. The number of nitrogens with zero attached hydrogens (tertiary/aromatic N) is 1. The van der Waals surface area contributed by atoms with Crippen molar-refractivity contribution in [3.05, 3.63) is 29.3 Å². The number of hydrogen-bond acceptors (Lipinski definition) is 3. The van der Waals surface area contributed by atoms with E-state index in [2.05, 4.69) is 0 Å². The first kappa shape index (κ1) is 18.4. The molecule has 4 nitrogen and oxygen atoms in total. The van der Waals surface area contributed by atoms with Crippen LogP contribution in [0.5, 0.6) is 5.75 Å². The summed E-state index contributed by atoms with van der Waals surface area (Å²) in [6.07, 6.45) is -4.42. The van der Waals surface area contributed by atoms with Crippen LogP contribution in [0, 0.1) is 6.92 Å². The summed E-state index contributed by atoms with van der Waals surface area (Å²) in [6.45, 7) is 7.81. The molecule has 1 aromatic carbocycles. The van der Waals surface area contributed by atoms with E-state index >= 15 is 0 Å². The minimum Gasteiger partial charge on any atom is -0.488 e. The highest BCUT2D eigenvalue weighted by molar-refractivity contribution is 5.68. The fraction of sp³-hybridized carbons (Fsp3) is 0.588. The lowest BCUT2D eigenvalue weighted by molar-refractivity contribution is -0.137. The Morgan fingerprint density at radius 3 is 2.46 bits per heavy atom. The minimum atomic E-state index is -4.37. The summed E-state index contributed by atoms with van der Waals surface area (Å²) in [4.78, 5) is 13.6. The molecular weight excluding hydrogens is 323 g/mol. The van der Waals surface area contributed by atoms with E-state index in [9.17, 15) is 18.0 Å².